The van der Waals surface area contributed by atoms with Gasteiger partial charge in [0.15, 0.2) is 5.82 Å². The summed E-state index contributed by atoms with van der Waals surface area (Å²) in [6, 6.07) is 9.49. The first kappa shape index (κ1) is 15.8. The Morgan fingerprint density at radius 1 is 1.29 bits per heavy atom. The maximum absolute atomic E-state index is 13.6. The van der Waals surface area contributed by atoms with Crippen LogP contribution in [-0.4, -0.2) is 26.1 Å². The first-order chi connectivity index (χ1) is 11.6. The molecule has 0 saturated carbocycles. The molecule has 2 N–H and O–H groups in total. The second-order valence-corrected chi connectivity index (χ2v) is 5.34. The van der Waals surface area contributed by atoms with Crippen molar-refractivity contribution in [1.82, 2.24) is 25.5 Å². The smallest absolute Gasteiger partial charge is 0.225 e. The molecule has 2 aromatic heterocycles. The first-order valence-corrected chi connectivity index (χ1v) is 7.49. The van der Waals surface area contributed by atoms with Crippen LogP contribution in [-0.2, 0) is 11.2 Å². The van der Waals surface area contributed by atoms with Crippen LogP contribution in [0.2, 0.25) is 0 Å². The number of nitrogens with zero attached hydrogens (tertiary/aromatic N) is 3. The van der Waals surface area contributed by atoms with Gasteiger partial charge in [-0.3, -0.25) is 14.9 Å². The van der Waals surface area contributed by atoms with Crippen molar-refractivity contribution < 1.29 is 9.18 Å². The number of carbonyl (C=O) groups is 1. The van der Waals surface area contributed by atoms with E-state index in [0.29, 0.717) is 17.2 Å². The lowest BCUT2D eigenvalue weighted by atomic mass is 10.1. The minimum absolute atomic E-state index is 0.0272. The monoisotopic (exact) mass is 325 g/mol. The Labute approximate surface area is 138 Å². The molecule has 3 aromatic rings. The van der Waals surface area contributed by atoms with Crippen LogP contribution < -0.4 is 5.32 Å². The largest absolute Gasteiger partial charge is 0.346 e. The van der Waals surface area contributed by atoms with Gasteiger partial charge in [0.25, 0.3) is 0 Å². The summed E-state index contributed by atoms with van der Waals surface area (Å²) in [6.07, 6.45) is 3.30. The third-order valence-corrected chi connectivity index (χ3v) is 3.52. The summed E-state index contributed by atoms with van der Waals surface area (Å²) in [7, 11) is 0. The molecule has 7 heteroatoms. The molecular weight excluding hydrogens is 309 g/mol. The number of nitrogens with one attached hydrogen (secondary N) is 2. The van der Waals surface area contributed by atoms with E-state index in [2.05, 4.69) is 25.5 Å². The lowest BCUT2D eigenvalue weighted by molar-refractivity contribution is -0.121. The topological polar surface area (TPSA) is 83.6 Å². The van der Waals surface area contributed by atoms with Crippen molar-refractivity contribution in [3.05, 3.63) is 66.0 Å². The van der Waals surface area contributed by atoms with Gasteiger partial charge in [-0.2, -0.15) is 5.10 Å². The average molecular weight is 325 g/mol. The van der Waals surface area contributed by atoms with Crippen molar-refractivity contribution in [2.75, 3.05) is 0 Å². The number of hydrogen-bond acceptors (Lipinski definition) is 4. The molecule has 1 atom stereocenters. The molecule has 0 bridgehead atoms. The number of hydrogen-bond donors (Lipinski definition) is 2. The summed E-state index contributed by atoms with van der Waals surface area (Å²) >= 11 is 0. The van der Waals surface area contributed by atoms with Gasteiger partial charge in [-0.15, -0.1) is 0 Å². The predicted octanol–water partition coefficient (Wildman–Crippen LogP) is 2.43. The molecule has 6 nitrogen and oxygen atoms in total. The number of carbonyl (C=O) groups excluding carboxylic acids is 1. The third kappa shape index (κ3) is 3.62. The van der Waals surface area contributed by atoms with E-state index in [-0.39, 0.29) is 24.2 Å². The van der Waals surface area contributed by atoms with Gasteiger partial charge < -0.3 is 5.32 Å². The molecule has 2 heterocycles. The zero-order valence-corrected chi connectivity index (χ0v) is 13.0. The highest BCUT2D eigenvalue weighted by Gasteiger charge is 2.16. The Morgan fingerprint density at radius 3 is 2.88 bits per heavy atom. The van der Waals surface area contributed by atoms with E-state index in [1.54, 1.807) is 43.6 Å². The number of rotatable bonds is 5. The maximum atomic E-state index is 13.6. The first-order valence-electron chi connectivity index (χ1n) is 7.49. The molecule has 3 rings (SSSR count). The number of aromatic amines is 1. The van der Waals surface area contributed by atoms with E-state index in [4.69, 9.17) is 0 Å². The lowest BCUT2D eigenvalue weighted by Gasteiger charge is -2.11. The summed E-state index contributed by atoms with van der Waals surface area (Å²) in [6.45, 7) is 1.78. The molecule has 0 saturated heterocycles. The highest BCUT2D eigenvalue weighted by molar-refractivity contribution is 5.78. The molecular formula is C17H16FN5O. The summed E-state index contributed by atoms with van der Waals surface area (Å²) in [5.41, 5.74) is 1.14. The molecule has 0 fully saturated rings. The maximum Gasteiger partial charge on any atom is 0.225 e. The molecule has 1 amide bonds. The van der Waals surface area contributed by atoms with Gasteiger partial charge in [-0.25, -0.2) is 9.37 Å². The summed E-state index contributed by atoms with van der Waals surface area (Å²) in [4.78, 5) is 20.5. The second-order valence-electron chi connectivity index (χ2n) is 5.34. The van der Waals surface area contributed by atoms with E-state index >= 15 is 0 Å². The Balaban J connectivity index is 1.65. The molecule has 0 radical (unpaired) electrons. The van der Waals surface area contributed by atoms with Gasteiger partial charge >= 0.3 is 0 Å². The molecule has 0 spiro atoms. The molecule has 0 aliphatic rings. The Hall–Kier alpha value is -3.09. The normalized spacial score (nSPS) is 11.9. The number of H-pyrrole nitrogens is 1. The Morgan fingerprint density at radius 2 is 2.12 bits per heavy atom. The third-order valence-electron chi connectivity index (χ3n) is 3.52. The van der Waals surface area contributed by atoms with Crippen LogP contribution in [0.25, 0.3) is 11.4 Å². The van der Waals surface area contributed by atoms with E-state index in [1.807, 2.05) is 6.07 Å². The van der Waals surface area contributed by atoms with Crippen LogP contribution in [0.4, 0.5) is 4.39 Å². The molecule has 0 aliphatic heterocycles. The summed E-state index contributed by atoms with van der Waals surface area (Å²) in [5, 5.41) is 9.71. The van der Waals surface area contributed by atoms with E-state index in [1.165, 1.54) is 6.07 Å². The van der Waals surface area contributed by atoms with Crippen molar-refractivity contribution in [2.24, 2.45) is 0 Å². The highest BCUT2D eigenvalue weighted by Crippen LogP contribution is 2.15. The van der Waals surface area contributed by atoms with Crippen molar-refractivity contribution in [1.29, 1.82) is 0 Å². The zero-order chi connectivity index (χ0) is 16.9. The number of amides is 1. The number of benzene rings is 1. The van der Waals surface area contributed by atoms with Crippen molar-refractivity contribution in [3.8, 4) is 11.4 Å². The fourth-order valence-electron chi connectivity index (χ4n) is 2.27. The average Bonchev–Trinajstić information content (AvgIpc) is 3.08. The second kappa shape index (κ2) is 6.99. The van der Waals surface area contributed by atoms with Crippen molar-refractivity contribution in [2.45, 2.75) is 19.4 Å². The van der Waals surface area contributed by atoms with Crippen molar-refractivity contribution in [3.63, 3.8) is 0 Å². The standard InChI is InChI=1S/C17H16FN5O/c1-11(20-15(24)9-12-5-2-3-7-14(12)18)16-21-17(23-22-16)13-6-4-8-19-10-13/h2-8,10-11H,9H2,1H3,(H,20,24)(H,21,22,23)/t11-/m0/s1. The predicted molar refractivity (Wildman–Crippen MR) is 86.3 cm³/mol. The fourth-order valence-corrected chi connectivity index (χ4v) is 2.27. The van der Waals surface area contributed by atoms with E-state index < -0.39 is 0 Å². The van der Waals surface area contributed by atoms with Crippen LogP contribution in [0.3, 0.4) is 0 Å². The molecule has 122 valence electrons. The molecule has 24 heavy (non-hydrogen) atoms. The summed E-state index contributed by atoms with van der Waals surface area (Å²) < 4.78 is 13.6. The molecule has 1 aromatic carbocycles. The van der Waals surface area contributed by atoms with Gasteiger partial charge in [0, 0.05) is 18.0 Å². The van der Waals surface area contributed by atoms with Crippen LogP contribution in [0.1, 0.15) is 24.4 Å². The van der Waals surface area contributed by atoms with Gasteiger partial charge in [-0.05, 0) is 30.7 Å². The van der Waals surface area contributed by atoms with Gasteiger partial charge in [0.1, 0.15) is 11.6 Å². The quantitative estimate of drug-likeness (QED) is 0.754. The van der Waals surface area contributed by atoms with Crippen LogP contribution in [0.5, 0.6) is 0 Å². The number of aromatic nitrogens is 4. The van der Waals surface area contributed by atoms with E-state index in [0.717, 1.165) is 5.56 Å². The number of pyridine rings is 1. The Bertz CT molecular complexity index is 834. The van der Waals surface area contributed by atoms with Crippen molar-refractivity contribution >= 4 is 5.91 Å². The molecule has 0 aliphatic carbocycles. The van der Waals surface area contributed by atoms with Gasteiger partial charge in [-0.1, -0.05) is 18.2 Å². The van der Waals surface area contributed by atoms with Gasteiger partial charge in [0.2, 0.25) is 5.91 Å². The van der Waals surface area contributed by atoms with E-state index in [9.17, 15) is 9.18 Å². The summed E-state index contributed by atoms with van der Waals surface area (Å²) in [5.74, 6) is 0.356. The van der Waals surface area contributed by atoms with Gasteiger partial charge in [0.05, 0.1) is 12.5 Å². The lowest BCUT2D eigenvalue weighted by Crippen LogP contribution is -2.29. The minimum Gasteiger partial charge on any atom is -0.346 e. The van der Waals surface area contributed by atoms with Crippen LogP contribution >= 0.6 is 0 Å². The SMILES string of the molecule is C[C@H](NC(=O)Cc1ccccc1F)c1nc(-c2cccnc2)n[nH]1. The minimum atomic E-state index is -0.390. The fraction of sp³-hybridized carbons (Fsp3) is 0.176. The number of halogens is 1. The zero-order valence-electron chi connectivity index (χ0n) is 13.0. The van der Waals surface area contributed by atoms with Crippen LogP contribution in [0, 0.1) is 5.82 Å². The van der Waals surface area contributed by atoms with Crippen LogP contribution in [0.15, 0.2) is 48.8 Å². The molecule has 0 unspecified atom stereocenters. The highest BCUT2D eigenvalue weighted by atomic mass is 19.1. The Kier molecular flexibility index (Phi) is 4.60.